The van der Waals surface area contributed by atoms with E-state index < -0.39 is 15.0 Å². The minimum Gasteiger partial charge on any atom is -0.398 e. The summed E-state index contributed by atoms with van der Waals surface area (Å²) in [6, 6.07) is 2.58. The number of carbonyl (C=O) groups excluding carboxylic acids is 4. The number of allylic oxidation sites excluding steroid dienone is 1. The third-order valence-electron chi connectivity index (χ3n) is 5.68. The van der Waals surface area contributed by atoms with E-state index in [1.165, 1.54) is 29.2 Å². The second-order valence-corrected chi connectivity index (χ2v) is 9.36. The van der Waals surface area contributed by atoms with Crippen LogP contribution in [0.2, 0.25) is 0 Å². The first-order valence-corrected chi connectivity index (χ1v) is 11.9. The highest BCUT2D eigenvalue weighted by atomic mass is 32.2. The lowest BCUT2D eigenvalue weighted by atomic mass is 9.84. The molecule has 0 unspecified atom stereocenters. The number of nitrogens with two attached hydrogens (primary N) is 1. The van der Waals surface area contributed by atoms with Gasteiger partial charge >= 0.3 is 0 Å². The average molecular weight is 476 g/mol. The smallest absolute Gasteiger partial charge is 0.296 e. The van der Waals surface area contributed by atoms with Gasteiger partial charge in [-0.3, -0.25) is 28.6 Å². The summed E-state index contributed by atoms with van der Waals surface area (Å²) in [6.07, 6.45) is 4.26. The maximum atomic E-state index is 12.6. The van der Waals surface area contributed by atoms with Crippen LogP contribution < -0.4 is 11.1 Å². The summed E-state index contributed by atoms with van der Waals surface area (Å²) in [5.41, 5.74) is 7.31. The largest absolute Gasteiger partial charge is 0.398 e. The van der Waals surface area contributed by atoms with Crippen LogP contribution in [0.4, 0.5) is 5.69 Å². The van der Waals surface area contributed by atoms with E-state index in [-0.39, 0.29) is 47.6 Å². The molecule has 0 radical (unpaired) electrons. The fourth-order valence-corrected chi connectivity index (χ4v) is 4.54. The molecule has 0 atom stereocenters. The van der Waals surface area contributed by atoms with Crippen LogP contribution in [0.1, 0.15) is 43.7 Å². The maximum Gasteiger partial charge on any atom is 0.296 e. The molecule has 0 aromatic heterocycles. The molecular weight excluding hydrogens is 450 g/mol. The fraction of sp³-hybridized carbons (Fsp3) is 0.364. The van der Waals surface area contributed by atoms with Gasteiger partial charge in [-0.05, 0) is 55.0 Å². The Hall–Kier alpha value is -3.31. The van der Waals surface area contributed by atoms with Crippen molar-refractivity contribution in [2.45, 2.75) is 43.9 Å². The van der Waals surface area contributed by atoms with Crippen LogP contribution in [0.15, 0.2) is 34.8 Å². The van der Waals surface area contributed by atoms with Gasteiger partial charge in [0.05, 0.1) is 12.1 Å². The number of nitrogen functional groups attached to an aromatic ring is 1. The van der Waals surface area contributed by atoms with E-state index in [1.807, 2.05) is 0 Å². The molecule has 0 bridgehead atoms. The Morgan fingerprint density at radius 3 is 2.42 bits per heavy atom. The standard InChI is InChI=1S/C22H25N3O7S/c1-13-15-11-19(33(30,31)32)17(23)9-14(15)10-18(26)16(13)12-20(27)24-7-3-2-4-8-25-21(28)5-6-22(25)29/h5-6,9,11H,2-4,7-8,10,12,23H2,1H3,(H,24,27)(H,30,31,32). The first-order valence-electron chi connectivity index (χ1n) is 10.4. The first kappa shape index (κ1) is 24.3. The lowest BCUT2D eigenvalue weighted by Crippen LogP contribution is -2.31. The number of nitrogens with zero attached hydrogens (tertiary/aromatic N) is 1. The maximum absolute atomic E-state index is 12.6. The Morgan fingerprint density at radius 2 is 1.79 bits per heavy atom. The van der Waals surface area contributed by atoms with Crippen LogP contribution in [0.3, 0.4) is 0 Å². The van der Waals surface area contributed by atoms with Crippen molar-refractivity contribution in [1.29, 1.82) is 0 Å². The number of rotatable bonds is 9. The third-order valence-corrected chi connectivity index (χ3v) is 6.59. The number of nitrogens with one attached hydrogen (secondary N) is 1. The molecule has 0 saturated carbocycles. The molecule has 1 aromatic rings. The molecule has 3 amide bonds. The normalized spacial score (nSPS) is 15.9. The molecular formula is C22H25N3O7S. The second-order valence-electron chi connectivity index (χ2n) is 7.97. The average Bonchev–Trinajstić information content (AvgIpc) is 3.04. The molecule has 1 aromatic carbocycles. The van der Waals surface area contributed by atoms with E-state index in [2.05, 4.69) is 5.32 Å². The highest BCUT2D eigenvalue weighted by Gasteiger charge is 2.27. The summed E-state index contributed by atoms with van der Waals surface area (Å²) in [5, 5.41) is 2.74. The van der Waals surface area contributed by atoms with Crippen molar-refractivity contribution < 1.29 is 32.1 Å². The van der Waals surface area contributed by atoms with E-state index in [4.69, 9.17) is 5.73 Å². The number of Topliss-reactive ketones (excluding diaryl/α,β-unsaturated/α-hetero) is 1. The van der Waals surface area contributed by atoms with Gasteiger partial charge in [0.15, 0.2) is 5.78 Å². The number of anilines is 1. The molecule has 2 aliphatic rings. The van der Waals surface area contributed by atoms with Crippen molar-refractivity contribution in [1.82, 2.24) is 10.2 Å². The van der Waals surface area contributed by atoms with Gasteiger partial charge in [-0.15, -0.1) is 0 Å². The van der Waals surface area contributed by atoms with Crippen LogP contribution in [0.25, 0.3) is 5.57 Å². The van der Waals surface area contributed by atoms with Gasteiger partial charge in [-0.1, -0.05) is 0 Å². The van der Waals surface area contributed by atoms with Gasteiger partial charge in [0, 0.05) is 37.2 Å². The van der Waals surface area contributed by atoms with Gasteiger partial charge in [0.1, 0.15) is 4.90 Å². The summed E-state index contributed by atoms with van der Waals surface area (Å²) in [6.45, 7) is 2.33. The Balaban J connectivity index is 1.55. The van der Waals surface area contributed by atoms with Gasteiger partial charge < -0.3 is 11.1 Å². The van der Waals surface area contributed by atoms with Crippen molar-refractivity contribution in [2.75, 3.05) is 18.8 Å². The summed E-state index contributed by atoms with van der Waals surface area (Å²) in [5.74, 6) is -1.23. The number of ketones is 1. The number of imide groups is 1. The molecule has 3 rings (SSSR count). The number of hydrogen-bond donors (Lipinski definition) is 3. The minimum absolute atomic E-state index is 0.0198. The SMILES string of the molecule is CC1=C(CC(=O)NCCCCCN2C(=O)C=CC2=O)C(=O)Cc2cc(N)c(S(=O)(=O)O)cc21. The summed E-state index contributed by atoms with van der Waals surface area (Å²) >= 11 is 0. The highest BCUT2D eigenvalue weighted by molar-refractivity contribution is 7.86. The Labute approximate surface area is 191 Å². The van der Waals surface area contributed by atoms with Gasteiger partial charge in [-0.2, -0.15) is 8.42 Å². The van der Waals surface area contributed by atoms with Crippen molar-refractivity contribution in [3.05, 3.63) is 41.0 Å². The van der Waals surface area contributed by atoms with Crippen molar-refractivity contribution >= 4 is 44.9 Å². The van der Waals surface area contributed by atoms with Crippen molar-refractivity contribution in [3.8, 4) is 0 Å². The third kappa shape index (κ3) is 5.55. The van der Waals surface area contributed by atoms with E-state index in [0.29, 0.717) is 49.1 Å². The Morgan fingerprint density at radius 1 is 1.12 bits per heavy atom. The molecule has 0 saturated heterocycles. The molecule has 0 fully saturated rings. The quantitative estimate of drug-likeness (QED) is 0.206. The lowest BCUT2D eigenvalue weighted by molar-refractivity contribution is -0.136. The zero-order chi connectivity index (χ0) is 24.3. The number of benzene rings is 1. The molecule has 1 aliphatic carbocycles. The Kier molecular flexibility index (Phi) is 7.13. The fourth-order valence-electron chi connectivity index (χ4n) is 3.92. The van der Waals surface area contributed by atoms with Gasteiger partial charge in [0.25, 0.3) is 21.9 Å². The second kappa shape index (κ2) is 9.67. The topological polar surface area (TPSA) is 164 Å². The number of fused-ring (bicyclic) bond motifs is 1. The molecule has 4 N–H and O–H groups in total. The highest BCUT2D eigenvalue weighted by Crippen LogP contribution is 2.35. The van der Waals surface area contributed by atoms with Crippen LogP contribution in [-0.2, 0) is 35.7 Å². The van der Waals surface area contributed by atoms with E-state index in [9.17, 15) is 32.1 Å². The number of carbonyl (C=O) groups is 4. The predicted molar refractivity (Wildman–Crippen MR) is 119 cm³/mol. The van der Waals surface area contributed by atoms with Crippen molar-refractivity contribution in [2.24, 2.45) is 0 Å². The number of amides is 3. The predicted octanol–water partition coefficient (Wildman–Crippen LogP) is 1.02. The Bertz CT molecular complexity index is 1180. The van der Waals surface area contributed by atoms with E-state index in [1.54, 1.807) is 6.92 Å². The molecule has 10 nitrogen and oxygen atoms in total. The molecule has 33 heavy (non-hydrogen) atoms. The number of hydrogen-bond acceptors (Lipinski definition) is 7. The molecule has 11 heteroatoms. The molecule has 1 heterocycles. The summed E-state index contributed by atoms with van der Waals surface area (Å²) < 4.78 is 32.5. The van der Waals surface area contributed by atoms with Crippen molar-refractivity contribution in [3.63, 3.8) is 0 Å². The zero-order valence-corrected chi connectivity index (χ0v) is 18.9. The summed E-state index contributed by atoms with van der Waals surface area (Å²) in [7, 11) is -4.53. The molecule has 1 aliphatic heterocycles. The number of unbranched alkanes of at least 4 members (excludes halogenated alkanes) is 2. The molecule has 0 spiro atoms. The molecule has 176 valence electrons. The lowest BCUT2D eigenvalue weighted by Gasteiger charge is -2.21. The summed E-state index contributed by atoms with van der Waals surface area (Å²) in [4.78, 5) is 48.6. The zero-order valence-electron chi connectivity index (χ0n) is 18.1. The van der Waals surface area contributed by atoms with Crippen LogP contribution >= 0.6 is 0 Å². The van der Waals surface area contributed by atoms with E-state index >= 15 is 0 Å². The van der Waals surface area contributed by atoms with Gasteiger partial charge in [0.2, 0.25) is 5.91 Å². The van der Waals surface area contributed by atoms with Crippen LogP contribution in [0, 0.1) is 0 Å². The van der Waals surface area contributed by atoms with Gasteiger partial charge in [-0.25, -0.2) is 0 Å². The van der Waals surface area contributed by atoms with Crippen LogP contribution in [0.5, 0.6) is 0 Å². The minimum atomic E-state index is -4.53. The van der Waals surface area contributed by atoms with E-state index in [0.717, 1.165) is 0 Å². The monoisotopic (exact) mass is 475 g/mol. The first-order chi connectivity index (χ1) is 15.5. The van der Waals surface area contributed by atoms with Crippen LogP contribution in [-0.4, -0.2) is 54.5 Å².